The fraction of sp³-hybridized carbons (Fsp3) is 0.333. The highest BCUT2D eigenvalue weighted by molar-refractivity contribution is 5.77. The number of fused-ring (bicyclic) bond motifs is 1. The molecule has 192 valence electrons. The molecule has 0 radical (unpaired) electrons. The summed E-state index contributed by atoms with van der Waals surface area (Å²) in [7, 11) is 0. The van der Waals surface area contributed by atoms with Gasteiger partial charge in [0.1, 0.15) is 11.9 Å². The molecule has 0 bridgehead atoms. The highest BCUT2D eigenvalue weighted by Gasteiger charge is 2.22. The van der Waals surface area contributed by atoms with Gasteiger partial charge in [-0.2, -0.15) is 0 Å². The van der Waals surface area contributed by atoms with Crippen molar-refractivity contribution in [1.29, 1.82) is 0 Å². The van der Waals surface area contributed by atoms with Crippen molar-refractivity contribution < 1.29 is 9.84 Å². The first-order valence-corrected chi connectivity index (χ1v) is 12.9. The number of nitrogens with zero attached hydrogens (tertiary/aromatic N) is 3. The third kappa shape index (κ3) is 6.32. The second kappa shape index (κ2) is 11.8. The van der Waals surface area contributed by atoms with Crippen LogP contribution < -0.4 is 5.56 Å². The Morgan fingerprint density at radius 3 is 2.38 bits per heavy atom. The molecule has 1 fully saturated rings. The molecule has 0 spiro atoms. The van der Waals surface area contributed by atoms with Crippen molar-refractivity contribution in [3.8, 4) is 0 Å². The number of aromatic nitrogens is 2. The van der Waals surface area contributed by atoms with Crippen LogP contribution in [0.5, 0.6) is 0 Å². The number of benzene rings is 3. The number of ether oxygens (including phenoxy) is 1. The number of para-hydroxylation sites is 1. The molecule has 3 aromatic carbocycles. The molecule has 37 heavy (non-hydrogen) atoms. The van der Waals surface area contributed by atoms with E-state index in [-0.39, 0.29) is 18.3 Å². The van der Waals surface area contributed by atoms with E-state index in [1.807, 2.05) is 48.5 Å². The number of β-amino-alcohol motifs (C(OH)–C–C–N with tert-alkyl or cyclic N) is 1. The molecule has 2 atom stereocenters. The lowest BCUT2D eigenvalue weighted by Crippen LogP contribution is -2.49. The van der Waals surface area contributed by atoms with Crippen molar-refractivity contribution in [3.05, 3.63) is 112 Å². The summed E-state index contributed by atoms with van der Waals surface area (Å²) in [6.07, 6.45) is -0.800. The van der Waals surface area contributed by atoms with E-state index in [2.05, 4.69) is 51.0 Å². The number of rotatable bonds is 9. The van der Waals surface area contributed by atoms with Crippen molar-refractivity contribution in [2.75, 3.05) is 39.3 Å². The summed E-state index contributed by atoms with van der Waals surface area (Å²) in [4.78, 5) is 24.5. The minimum Gasteiger partial charge on any atom is -0.389 e. The van der Waals surface area contributed by atoms with Crippen LogP contribution in [-0.4, -0.2) is 70.3 Å². The van der Waals surface area contributed by atoms with Gasteiger partial charge in [0.25, 0.3) is 5.56 Å². The Morgan fingerprint density at radius 2 is 1.59 bits per heavy atom. The Morgan fingerprint density at radius 1 is 0.919 bits per heavy atom. The van der Waals surface area contributed by atoms with Crippen molar-refractivity contribution in [2.24, 2.45) is 0 Å². The molecular formula is C30H34N4O3. The molecule has 5 rings (SSSR count). The van der Waals surface area contributed by atoms with Gasteiger partial charge in [-0.05, 0) is 35.7 Å². The second-order valence-electron chi connectivity index (χ2n) is 9.74. The quantitative estimate of drug-likeness (QED) is 0.368. The third-order valence-corrected chi connectivity index (χ3v) is 7.00. The number of nitrogens with one attached hydrogen (secondary N) is 1. The monoisotopic (exact) mass is 498 g/mol. The van der Waals surface area contributed by atoms with Gasteiger partial charge in [-0.3, -0.25) is 14.6 Å². The van der Waals surface area contributed by atoms with Crippen molar-refractivity contribution >= 4 is 10.9 Å². The lowest BCUT2D eigenvalue weighted by molar-refractivity contribution is -0.0151. The summed E-state index contributed by atoms with van der Waals surface area (Å²) in [5, 5.41) is 11.4. The van der Waals surface area contributed by atoms with Crippen molar-refractivity contribution in [2.45, 2.75) is 25.7 Å². The minimum atomic E-state index is -0.583. The van der Waals surface area contributed by atoms with Gasteiger partial charge in [0, 0.05) is 32.7 Å². The SMILES string of the molecule is Cc1ccccc1[C@H](OC[C@@H](O)CN1CCN(Cc2nc3ccccc3c(=O)[nH]2)CC1)c1ccccc1. The van der Waals surface area contributed by atoms with E-state index in [4.69, 9.17) is 4.74 Å². The predicted molar refractivity (Wildman–Crippen MR) is 146 cm³/mol. The van der Waals surface area contributed by atoms with E-state index in [0.717, 1.165) is 42.8 Å². The molecule has 0 unspecified atom stereocenters. The minimum absolute atomic E-state index is 0.0955. The fourth-order valence-corrected chi connectivity index (χ4v) is 4.98. The zero-order valence-corrected chi connectivity index (χ0v) is 21.2. The van der Waals surface area contributed by atoms with E-state index >= 15 is 0 Å². The summed E-state index contributed by atoms with van der Waals surface area (Å²) < 4.78 is 6.32. The zero-order valence-electron chi connectivity index (χ0n) is 21.2. The Bertz CT molecular complexity index is 1370. The van der Waals surface area contributed by atoms with E-state index in [0.29, 0.717) is 24.3 Å². The van der Waals surface area contributed by atoms with Gasteiger partial charge in [0.15, 0.2) is 0 Å². The van der Waals surface area contributed by atoms with Gasteiger partial charge < -0.3 is 14.8 Å². The average Bonchev–Trinajstić information content (AvgIpc) is 2.91. The van der Waals surface area contributed by atoms with Gasteiger partial charge in [-0.25, -0.2) is 4.98 Å². The predicted octanol–water partition coefficient (Wildman–Crippen LogP) is 3.52. The largest absolute Gasteiger partial charge is 0.389 e. The van der Waals surface area contributed by atoms with Crippen LogP contribution >= 0.6 is 0 Å². The average molecular weight is 499 g/mol. The zero-order chi connectivity index (χ0) is 25.6. The van der Waals surface area contributed by atoms with Crippen LogP contribution in [0.4, 0.5) is 0 Å². The standard InChI is InChI=1S/C30H34N4O3/c1-22-9-5-6-12-25(22)29(23-10-3-2-4-11-23)37-21-24(35)19-33-15-17-34(18-16-33)20-28-31-27-14-8-7-13-26(27)30(36)32-28/h2-14,24,29,35H,15-21H2,1H3,(H,31,32,36)/t24-,29+/m0/s1. The summed E-state index contributed by atoms with van der Waals surface area (Å²) in [6.45, 7) is 6.90. The van der Waals surface area contributed by atoms with Crippen LogP contribution in [0, 0.1) is 6.92 Å². The Kier molecular flexibility index (Phi) is 8.06. The van der Waals surface area contributed by atoms with Gasteiger partial charge >= 0.3 is 0 Å². The fourth-order valence-electron chi connectivity index (χ4n) is 4.98. The first kappa shape index (κ1) is 25.3. The van der Waals surface area contributed by atoms with Gasteiger partial charge in [-0.1, -0.05) is 66.7 Å². The number of H-pyrrole nitrogens is 1. The number of aliphatic hydroxyl groups is 1. The maximum atomic E-state index is 12.4. The lowest BCUT2D eigenvalue weighted by atomic mass is 9.97. The first-order valence-electron chi connectivity index (χ1n) is 12.9. The molecule has 7 heteroatoms. The van der Waals surface area contributed by atoms with E-state index in [9.17, 15) is 9.90 Å². The molecule has 0 aliphatic carbocycles. The third-order valence-electron chi connectivity index (χ3n) is 7.00. The molecular weight excluding hydrogens is 464 g/mol. The van der Waals surface area contributed by atoms with E-state index in [1.165, 1.54) is 5.56 Å². The highest BCUT2D eigenvalue weighted by Crippen LogP contribution is 2.28. The molecule has 7 nitrogen and oxygen atoms in total. The van der Waals surface area contributed by atoms with E-state index in [1.54, 1.807) is 6.07 Å². The topological polar surface area (TPSA) is 81.7 Å². The molecule has 1 saturated heterocycles. The summed E-state index contributed by atoms with van der Waals surface area (Å²) >= 11 is 0. The first-order chi connectivity index (χ1) is 18.1. The van der Waals surface area contributed by atoms with Gasteiger partial charge in [0.2, 0.25) is 0 Å². The molecule has 0 saturated carbocycles. The molecule has 1 aliphatic heterocycles. The molecule has 2 heterocycles. The Labute approximate surface area is 217 Å². The van der Waals surface area contributed by atoms with Gasteiger partial charge in [-0.15, -0.1) is 0 Å². The number of aliphatic hydroxyl groups excluding tert-OH is 1. The Balaban J connectivity index is 1.14. The van der Waals surface area contributed by atoms with Gasteiger partial charge in [0.05, 0.1) is 30.2 Å². The molecule has 0 amide bonds. The lowest BCUT2D eigenvalue weighted by Gasteiger charge is -2.35. The number of aryl methyl sites for hydroxylation is 1. The summed E-state index contributed by atoms with van der Waals surface area (Å²) in [5.41, 5.74) is 4.00. The number of hydrogen-bond acceptors (Lipinski definition) is 6. The molecule has 4 aromatic rings. The summed E-state index contributed by atoms with van der Waals surface area (Å²) in [6, 6.07) is 25.8. The van der Waals surface area contributed by atoms with Crippen LogP contribution in [0.3, 0.4) is 0 Å². The van der Waals surface area contributed by atoms with Crippen LogP contribution in [0.1, 0.15) is 28.6 Å². The maximum absolute atomic E-state index is 12.4. The molecule has 1 aliphatic rings. The van der Waals surface area contributed by atoms with Crippen molar-refractivity contribution in [3.63, 3.8) is 0 Å². The normalized spacial score (nSPS) is 16.6. The maximum Gasteiger partial charge on any atom is 0.258 e. The number of hydrogen-bond donors (Lipinski definition) is 2. The molecule has 2 N–H and O–H groups in total. The highest BCUT2D eigenvalue weighted by atomic mass is 16.5. The van der Waals surface area contributed by atoms with Crippen LogP contribution in [-0.2, 0) is 11.3 Å². The second-order valence-corrected chi connectivity index (χ2v) is 9.74. The number of aromatic amines is 1. The number of piperazine rings is 1. The van der Waals surface area contributed by atoms with Crippen LogP contribution in [0.15, 0.2) is 83.7 Å². The van der Waals surface area contributed by atoms with Crippen LogP contribution in [0.2, 0.25) is 0 Å². The van der Waals surface area contributed by atoms with E-state index < -0.39 is 6.10 Å². The van der Waals surface area contributed by atoms with Crippen molar-refractivity contribution in [1.82, 2.24) is 19.8 Å². The van der Waals surface area contributed by atoms with Crippen LogP contribution in [0.25, 0.3) is 10.9 Å². The molecule has 1 aromatic heterocycles. The smallest absolute Gasteiger partial charge is 0.258 e. The summed E-state index contributed by atoms with van der Waals surface area (Å²) in [5.74, 6) is 0.689. The Hall–Kier alpha value is -3.36.